The molecular formula is C14H19FO4. The standard InChI is InChI=1S/C14H19FO4/c1-9(16)11-7-10(15)5-6-12(11)19-8-14(2,3)13(17)18-4/h5-7,9,16H,8H2,1-4H3/t9-/m0/s1. The maximum absolute atomic E-state index is 13.1. The molecule has 0 aliphatic heterocycles. The lowest BCUT2D eigenvalue weighted by molar-refractivity contribution is -0.152. The fourth-order valence-electron chi connectivity index (χ4n) is 1.57. The van der Waals surface area contributed by atoms with E-state index in [-0.39, 0.29) is 6.61 Å². The predicted molar refractivity (Wildman–Crippen MR) is 68.3 cm³/mol. The van der Waals surface area contributed by atoms with Gasteiger partial charge in [-0.15, -0.1) is 0 Å². The lowest BCUT2D eigenvalue weighted by atomic mass is 9.95. The molecule has 0 saturated heterocycles. The zero-order valence-corrected chi connectivity index (χ0v) is 11.6. The summed E-state index contributed by atoms with van der Waals surface area (Å²) in [4.78, 5) is 11.5. The average Bonchev–Trinajstić information content (AvgIpc) is 2.36. The first kappa shape index (κ1) is 15.4. The number of aliphatic hydroxyl groups excluding tert-OH is 1. The van der Waals surface area contributed by atoms with Gasteiger partial charge in [0.1, 0.15) is 18.2 Å². The van der Waals surface area contributed by atoms with E-state index in [1.165, 1.54) is 32.2 Å². The number of carbonyl (C=O) groups is 1. The van der Waals surface area contributed by atoms with Gasteiger partial charge in [-0.1, -0.05) is 0 Å². The quantitative estimate of drug-likeness (QED) is 0.835. The molecule has 0 bridgehead atoms. The van der Waals surface area contributed by atoms with Crippen molar-refractivity contribution in [1.29, 1.82) is 0 Å². The minimum atomic E-state index is -0.855. The molecule has 1 aromatic carbocycles. The molecule has 0 saturated carbocycles. The molecule has 1 atom stereocenters. The average molecular weight is 270 g/mol. The number of esters is 1. The third-order valence-corrected chi connectivity index (χ3v) is 2.75. The summed E-state index contributed by atoms with van der Waals surface area (Å²) >= 11 is 0. The minimum Gasteiger partial charge on any atom is -0.492 e. The molecule has 1 rings (SSSR count). The van der Waals surface area contributed by atoms with Crippen LogP contribution in [0.4, 0.5) is 4.39 Å². The molecular weight excluding hydrogens is 251 g/mol. The first-order chi connectivity index (χ1) is 8.77. The van der Waals surface area contributed by atoms with Crippen molar-refractivity contribution in [3.8, 4) is 5.75 Å². The van der Waals surface area contributed by atoms with Crippen LogP contribution in [0.1, 0.15) is 32.4 Å². The van der Waals surface area contributed by atoms with Crippen molar-refractivity contribution in [3.63, 3.8) is 0 Å². The highest BCUT2D eigenvalue weighted by molar-refractivity contribution is 5.75. The predicted octanol–water partition coefficient (Wildman–Crippen LogP) is 2.46. The van der Waals surface area contributed by atoms with Crippen LogP contribution in [0.2, 0.25) is 0 Å². The van der Waals surface area contributed by atoms with Crippen molar-refractivity contribution in [1.82, 2.24) is 0 Å². The summed E-state index contributed by atoms with van der Waals surface area (Å²) in [6.45, 7) is 4.97. The summed E-state index contributed by atoms with van der Waals surface area (Å²) in [5.41, 5.74) is -0.472. The van der Waals surface area contributed by atoms with E-state index in [4.69, 9.17) is 4.74 Å². The molecule has 0 aliphatic carbocycles. The van der Waals surface area contributed by atoms with Gasteiger partial charge in [-0.25, -0.2) is 4.39 Å². The van der Waals surface area contributed by atoms with E-state index in [0.717, 1.165) is 0 Å². The Morgan fingerprint density at radius 3 is 2.63 bits per heavy atom. The number of halogens is 1. The summed E-state index contributed by atoms with van der Waals surface area (Å²) in [7, 11) is 1.31. The summed E-state index contributed by atoms with van der Waals surface area (Å²) in [5, 5.41) is 9.58. The number of methoxy groups -OCH3 is 1. The van der Waals surface area contributed by atoms with E-state index < -0.39 is 23.3 Å². The van der Waals surface area contributed by atoms with Gasteiger partial charge in [-0.3, -0.25) is 4.79 Å². The second-order valence-electron chi connectivity index (χ2n) is 5.02. The highest BCUT2D eigenvalue weighted by Crippen LogP contribution is 2.28. The van der Waals surface area contributed by atoms with E-state index in [2.05, 4.69) is 4.74 Å². The Balaban J connectivity index is 2.86. The van der Waals surface area contributed by atoms with Gasteiger partial charge >= 0.3 is 5.97 Å². The molecule has 0 radical (unpaired) electrons. The molecule has 0 amide bonds. The van der Waals surface area contributed by atoms with E-state index >= 15 is 0 Å². The molecule has 1 N–H and O–H groups in total. The zero-order chi connectivity index (χ0) is 14.6. The van der Waals surface area contributed by atoms with Gasteiger partial charge in [-0.05, 0) is 39.0 Å². The molecule has 0 aliphatic rings. The van der Waals surface area contributed by atoms with E-state index in [9.17, 15) is 14.3 Å². The Kier molecular flexibility index (Phi) is 4.89. The highest BCUT2D eigenvalue weighted by atomic mass is 19.1. The van der Waals surface area contributed by atoms with Gasteiger partial charge in [0, 0.05) is 5.56 Å². The fraction of sp³-hybridized carbons (Fsp3) is 0.500. The molecule has 19 heavy (non-hydrogen) atoms. The van der Waals surface area contributed by atoms with Crippen molar-refractivity contribution in [2.24, 2.45) is 5.41 Å². The number of rotatable bonds is 5. The van der Waals surface area contributed by atoms with Crippen molar-refractivity contribution in [2.75, 3.05) is 13.7 Å². The van der Waals surface area contributed by atoms with Gasteiger partial charge in [0.15, 0.2) is 0 Å². The fourth-order valence-corrected chi connectivity index (χ4v) is 1.57. The molecule has 0 aromatic heterocycles. The number of carbonyl (C=O) groups excluding carboxylic acids is 1. The summed E-state index contributed by atoms with van der Waals surface area (Å²) in [5.74, 6) is -0.489. The number of hydrogen-bond donors (Lipinski definition) is 1. The molecule has 5 heteroatoms. The first-order valence-electron chi connectivity index (χ1n) is 5.96. The number of aliphatic hydroxyl groups is 1. The zero-order valence-electron chi connectivity index (χ0n) is 11.6. The van der Waals surface area contributed by atoms with Crippen LogP contribution in [0.3, 0.4) is 0 Å². The first-order valence-corrected chi connectivity index (χ1v) is 5.96. The van der Waals surface area contributed by atoms with Gasteiger partial charge in [0.05, 0.1) is 18.6 Å². The van der Waals surface area contributed by atoms with E-state index in [0.29, 0.717) is 11.3 Å². The van der Waals surface area contributed by atoms with Gasteiger partial charge < -0.3 is 14.6 Å². The van der Waals surface area contributed by atoms with Crippen molar-refractivity contribution >= 4 is 5.97 Å². The third kappa shape index (κ3) is 3.92. The van der Waals surface area contributed by atoms with Crippen molar-refractivity contribution in [3.05, 3.63) is 29.6 Å². The van der Waals surface area contributed by atoms with Crippen molar-refractivity contribution < 1.29 is 23.8 Å². The van der Waals surface area contributed by atoms with Crippen LogP contribution in [-0.2, 0) is 9.53 Å². The molecule has 0 unspecified atom stereocenters. The van der Waals surface area contributed by atoms with Gasteiger partial charge in [0.2, 0.25) is 0 Å². The number of benzene rings is 1. The Morgan fingerprint density at radius 1 is 1.47 bits per heavy atom. The summed E-state index contributed by atoms with van der Waals surface area (Å²) in [6, 6.07) is 3.89. The topological polar surface area (TPSA) is 55.8 Å². The SMILES string of the molecule is COC(=O)C(C)(C)COc1ccc(F)cc1[C@H](C)O. The van der Waals surface area contributed by atoms with Gasteiger partial charge in [0.25, 0.3) is 0 Å². The van der Waals surface area contributed by atoms with Crippen LogP contribution >= 0.6 is 0 Å². The molecule has 1 aromatic rings. The minimum absolute atomic E-state index is 0.0744. The van der Waals surface area contributed by atoms with Crippen LogP contribution in [0.25, 0.3) is 0 Å². The molecule has 0 spiro atoms. The lowest BCUT2D eigenvalue weighted by Crippen LogP contribution is -2.32. The van der Waals surface area contributed by atoms with Crippen LogP contribution in [0, 0.1) is 11.2 Å². The Bertz CT molecular complexity index is 455. The molecule has 0 heterocycles. The van der Waals surface area contributed by atoms with E-state index in [1.807, 2.05) is 0 Å². The molecule has 106 valence electrons. The Morgan fingerprint density at radius 2 is 2.11 bits per heavy atom. The van der Waals surface area contributed by atoms with Crippen molar-refractivity contribution in [2.45, 2.75) is 26.9 Å². The normalized spacial score (nSPS) is 12.9. The second-order valence-corrected chi connectivity index (χ2v) is 5.02. The van der Waals surface area contributed by atoms with Gasteiger partial charge in [-0.2, -0.15) is 0 Å². The highest BCUT2D eigenvalue weighted by Gasteiger charge is 2.30. The monoisotopic (exact) mass is 270 g/mol. The van der Waals surface area contributed by atoms with E-state index in [1.54, 1.807) is 13.8 Å². The smallest absolute Gasteiger partial charge is 0.314 e. The number of ether oxygens (including phenoxy) is 2. The molecule has 4 nitrogen and oxygen atoms in total. The maximum Gasteiger partial charge on any atom is 0.314 e. The summed E-state index contributed by atoms with van der Waals surface area (Å²) in [6.07, 6.45) is -0.855. The summed E-state index contributed by atoms with van der Waals surface area (Å²) < 4.78 is 23.3. The Hall–Kier alpha value is -1.62. The third-order valence-electron chi connectivity index (χ3n) is 2.75. The maximum atomic E-state index is 13.1. The van der Waals surface area contributed by atoms with Crippen LogP contribution < -0.4 is 4.74 Å². The Labute approximate surface area is 112 Å². The van der Waals surface area contributed by atoms with Crippen LogP contribution in [-0.4, -0.2) is 24.8 Å². The van der Waals surface area contributed by atoms with Crippen LogP contribution in [0.5, 0.6) is 5.75 Å². The molecule has 0 fully saturated rings. The largest absolute Gasteiger partial charge is 0.492 e. The van der Waals surface area contributed by atoms with Crippen LogP contribution in [0.15, 0.2) is 18.2 Å². The second kappa shape index (κ2) is 6.02. The lowest BCUT2D eigenvalue weighted by Gasteiger charge is -2.23. The number of hydrogen-bond acceptors (Lipinski definition) is 4.